The third-order valence-electron chi connectivity index (χ3n) is 4.17. The van der Waals surface area contributed by atoms with E-state index in [1.165, 1.54) is 0 Å². The molecule has 1 amide bonds. The Labute approximate surface area is 196 Å². The van der Waals surface area contributed by atoms with E-state index in [0.29, 0.717) is 12.5 Å². The summed E-state index contributed by atoms with van der Waals surface area (Å²) in [5.74, 6) is -0.881. The summed E-state index contributed by atoms with van der Waals surface area (Å²) in [6, 6.07) is 0.605. The summed E-state index contributed by atoms with van der Waals surface area (Å²) >= 11 is 0. The summed E-state index contributed by atoms with van der Waals surface area (Å²) in [6.45, 7) is 18.1. The SMILES string of the molecule is C[Si](C)(C)O[Si](C)(C)O[Si](C)(CCCNC(=O)C(O)C(O)C(O)C(O)CO)O[Si](C)(C)C. The minimum atomic E-state index is -2.62. The molecule has 0 aliphatic carbocycles. The van der Waals surface area contributed by atoms with E-state index in [0.717, 1.165) is 0 Å². The van der Waals surface area contributed by atoms with Crippen LogP contribution in [-0.2, 0) is 17.1 Å². The molecule has 0 aliphatic heterocycles. The van der Waals surface area contributed by atoms with Gasteiger partial charge in [-0.05, 0) is 71.4 Å². The maximum absolute atomic E-state index is 12.1. The van der Waals surface area contributed by atoms with Crippen LogP contribution >= 0.6 is 0 Å². The third-order valence-corrected chi connectivity index (χ3v) is 17.7. The molecule has 32 heavy (non-hydrogen) atoms. The Morgan fingerprint density at radius 3 is 1.75 bits per heavy atom. The molecular formula is C18H45NO9Si4. The second-order valence-electron chi connectivity index (χ2n) is 10.6. The third kappa shape index (κ3) is 13.0. The number of aliphatic hydroxyl groups is 5. The molecule has 0 aliphatic rings. The summed E-state index contributed by atoms with van der Waals surface area (Å²) < 4.78 is 19.4. The van der Waals surface area contributed by atoms with Crippen molar-refractivity contribution in [3.05, 3.63) is 0 Å². The van der Waals surface area contributed by atoms with Gasteiger partial charge in [-0.1, -0.05) is 0 Å². The monoisotopic (exact) mass is 531 g/mol. The van der Waals surface area contributed by atoms with Gasteiger partial charge < -0.3 is 43.2 Å². The van der Waals surface area contributed by atoms with E-state index in [-0.39, 0.29) is 6.54 Å². The van der Waals surface area contributed by atoms with E-state index in [9.17, 15) is 25.2 Å². The molecule has 192 valence electrons. The maximum Gasteiger partial charge on any atom is 0.315 e. The van der Waals surface area contributed by atoms with Crippen molar-refractivity contribution in [1.29, 1.82) is 0 Å². The van der Waals surface area contributed by atoms with Gasteiger partial charge in [-0.15, -0.1) is 0 Å². The summed E-state index contributed by atoms with van der Waals surface area (Å²) in [7, 11) is -8.76. The molecule has 5 atom stereocenters. The molecule has 0 bridgehead atoms. The van der Waals surface area contributed by atoms with E-state index >= 15 is 0 Å². The van der Waals surface area contributed by atoms with Gasteiger partial charge in [0.25, 0.3) is 5.91 Å². The van der Waals surface area contributed by atoms with Crippen LogP contribution in [0.4, 0.5) is 0 Å². The Kier molecular flexibility index (Phi) is 12.6. The number of nitrogens with one attached hydrogen (secondary N) is 1. The molecular weight excluding hydrogens is 487 g/mol. The summed E-state index contributed by atoms with van der Waals surface area (Å²) in [5, 5.41) is 50.1. The molecule has 0 heterocycles. The van der Waals surface area contributed by atoms with E-state index in [2.05, 4.69) is 44.6 Å². The Morgan fingerprint density at radius 2 is 1.31 bits per heavy atom. The van der Waals surface area contributed by atoms with Crippen LogP contribution in [0.2, 0.25) is 65.0 Å². The van der Waals surface area contributed by atoms with E-state index in [4.69, 9.17) is 17.5 Å². The molecule has 0 aromatic heterocycles. The van der Waals surface area contributed by atoms with E-state index in [1.807, 2.05) is 19.6 Å². The zero-order valence-electron chi connectivity index (χ0n) is 21.0. The molecule has 0 fully saturated rings. The van der Waals surface area contributed by atoms with Crippen LogP contribution in [0.1, 0.15) is 6.42 Å². The lowest BCUT2D eigenvalue weighted by Gasteiger charge is -2.41. The van der Waals surface area contributed by atoms with Crippen molar-refractivity contribution in [3.63, 3.8) is 0 Å². The van der Waals surface area contributed by atoms with E-state index in [1.54, 1.807) is 0 Å². The lowest BCUT2D eigenvalue weighted by molar-refractivity contribution is -0.148. The van der Waals surface area contributed by atoms with Crippen LogP contribution in [-0.4, -0.2) is 103 Å². The normalized spacial score (nSPS) is 19.1. The molecule has 6 N–H and O–H groups in total. The first kappa shape index (κ1) is 32.0. The Balaban J connectivity index is 4.98. The topological polar surface area (TPSA) is 158 Å². The highest BCUT2D eigenvalue weighted by molar-refractivity contribution is 6.89. The summed E-state index contributed by atoms with van der Waals surface area (Å²) in [6.07, 6.45) is -6.86. The number of rotatable bonds is 15. The van der Waals surface area contributed by atoms with Gasteiger partial charge >= 0.3 is 17.1 Å². The molecule has 0 saturated carbocycles. The van der Waals surface area contributed by atoms with Crippen LogP contribution < -0.4 is 5.32 Å². The lowest BCUT2D eigenvalue weighted by atomic mass is 10.0. The van der Waals surface area contributed by atoms with Crippen molar-refractivity contribution in [1.82, 2.24) is 5.32 Å². The maximum atomic E-state index is 12.1. The van der Waals surface area contributed by atoms with Gasteiger partial charge in [-0.25, -0.2) is 0 Å². The fourth-order valence-corrected chi connectivity index (χ4v) is 21.4. The minimum absolute atomic E-state index is 0.207. The minimum Gasteiger partial charge on any atom is -0.437 e. The van der Waals surface area contributed by atoms with Gasteiger partial charge in [0.1, 0.15) is 18.3 Å². The number of aliphatic hydroxyl groups excluding tert-OH is 5. The Bertz CT molecular complexity index is 586. The second kappa shape index (κ2) is 12.6. The van der Waals surface area contributed by atoms with Gasteiger partial charge in [-0.3, -0.25) is 4.79 Å². The number of carbonyl (C=O) groups excluding carboxylic acids is 1. The fraction of sp³-hybridized carbons (Fsp3) is 0.944. The number of hydrogen-bond acceptors (Lipinski definition) is 9. The van der Waals surface area contributed by atoms with Crippen molar-refractivity contribution in [2.75, 3.05) is 13.2 Å². The molecule has 0 saturated heterocycles. The predicted molar refractivity (Wildman–Crippen MR) is 133 cm³/mol. The first-order valence-corrected chi connectivity index (χ1v) is 23.1. The summed E-state index contributed by atoms with van der Waals surface area (Å²) in [5.41, 5.74) is 0. The highest BCUT2D eigenvalue weighted by Gasteiger charge is 2.44. The van der Waals surface area contributed by atoms with Crippen molar-refractivity contribution >= 4 is 39.7 Å². The largest absolute Gasteiger partial charge is 0.437 e. The van der Waals surface area contributed by atoms with Crippen LogP contribution in [0.25, 0.3) is 0 Å². The zero-order chi connectivity index (χ0) is 25.5. The zero-order valence-corrected chi connectivity index (χ0v) is 25.0. The standard InChI is InChI=1S/C18H45NO9Si4/c1-29(2,3)26-31(7,8)28-32(9,27-30(4,5)6)12-10-11-19-18(25)17(24)16(23)15(22)14(21)13-20/h14-17,20-24H,10-13H2,1-9H3,(H,19,25). The van der Waals surface area contributed by atoms with E-state index < -0.39 is 70.7 Å². The Hall–Kier alpha value is 0.0175. The molecule has 0 radical (unpaired) electrons. The number of hydrogen-bond donors (Lipinski definition) is 6. The fourth-order valence-electron chi connectivity index (χ4n) is 3.45. The molecule has 14 heteroatoms. The molecule has 0 aromatic rings. The molecule has 0 aromatic carbocycles. The molecule has 0 spiro atoms. The first-order valence-electron chi connectivity index (χ1n) is 10.9. The molecule has 10 nitrogen and oxygen atoms in total. The number of amides is 1. The quantitative estimate of drug-likeness (QED) is 0.130. The molecule has 0 rings (SSSR count). The van der Waals surface area contributed by atoms with Crippen LogP contribution in [0.3, 0.4) is 0 Å². The second-order valence-corrected chi connectivity index (χ2v) is 27.1. The average Bonchev–Trinajstić information content (AvgIpc) is 2.58. The van der Waals surface area contributed by atoms with Crippen LogP contribution in [0.15, 0.2) is 0 Å². The highest BCUT2D eigenvalue weighted by atomic mass is 28.5. The van der Waals surface area contributed by atoms with Gasteiger partial charge in [0.05, 0.1) is 6.61 Å². The highest BCUT2D eigenvalue weighted by Crippen LogP contribution is 2.27. The van der Waals surface area contributed by atoms with Crippen LogP contribution in [0.5, 0.6) is 0 Å². The number of carbonyl (C=O) groups is 1. The van der Waals surface area contributed by atoms with Crippen molar-refractivity contribution in [2.45, 2.75) is 95.8 Å². The first-order chi connectivity index (χ1) is 14.2. The molecule has 5 unspecified atom stereocenters. The smallest absolute Gasteiger partial charge is 0.315 e. The van der Waals surface area contributed by atoms with Crippen molar-refractivity contribution < 1.29 is 42.7 Å². The predicted octanol–water partition coefficient (Wildman–Crippen LogP) is 0.422. The Morgan fingerprint density at radius 1 is 0.812 bits per heavy atom. The summed E-state index contributed by atoms with van der Waals surface area (Å²) in [4.78, 5) is 12.1. The van der Waals surface area contributed by atoms with Gasteiger partial charge in [0, 0.05) is 6.54 Å². The van der Waals surface area contributed by atoms with Gasteiger partial charge in [0.2, 0.25) is 0 Å². The average molecular weight is 532 g/mol. The van der Waals surface area contributed by atoms with Crippen LogP contribution in [0, 0.1) is 0 Å². The van der Waals surface area contributed by atoms with Crippen molar-refractivity contribution in [3.8, 4) is 0 Å². The lowest BCUT2D eigenvalue weighted by Crippen LogP contribution is -2.57. The van der Waals surface area contributed by atoms with Gasteiger partial charge in [0.15, 0.2) is 22.7 Å². The van der Waals surface area contributed by atoms with Crippen molar-refractivity contribution in [2.24, 2.45) is 0 Å². The van der Waals surface area contributed by atoms with Gasteiger partial charge in [-0.2, -0.15) is 0 Å².